The number of aliphatic hydroxyl groups is 1. The van der Waals surface area contributed by atoms with Crippen molar-refractivity contribution < 1.29 is 14.6 Å². The molecule has 2 aliphatic rings. The van der Waals surface area contributed by atoms with E-state index in [2.05, 4.69) is 29.4 Å². The predicted molar refractivity (Wildman–Crippen MR) is 116 cm³/mol. The molecule has 1 unspecified atom stereocenters. The molecule has 0 spiro atoms. The van der Waals surface area contributed by atoms with Gasteiger partial charge in [0.25, 0.3) is 5.91 Å². The number of benzene rings is 2. The maximum absolute atomic E-state index is 13.3. The molecule has 6 heteroatoms. The number of ether oxygens (including phenoxy) is 1. The highest BCUT2D eigenvalue weighted by Gasteiger charge is 2.44. The number of carbonyl (C=O) groups excluding carboxylic acids is 1. The van der Waals surface area contributed by atoms with Crippen LogP contribution >= 0.6 is 0 Å². The molecule has 2 aromatic carbocycles. The van der Waals surface area contributed by atoms with Gasteiger partial charge in [0.2, 0.25) is 0 Å². The standard InChI is InChI=1S/C24H27N3O3/c1-17(2)26-15-20(27-23(24(26)29)21(28)16-30-14-13-25-27)22(18-9-5-3-6-10-18)19-11-7-4-8-12-19/h3-13,17,20,22,28H,14-16H2,1-2H3/b23-21?,25-13-. The summed E-state index contributed by atoms with van der Waals surface area (Å²) in [6.45, 7) is 4.75. The number of hydrazone groups is 1. The molecule has 0 aromatic heterocycles. The van der Waals surface area contributed by atoms with Gasteiger partial charge in [-0.25, -0.2) is 0 Å². The van der Waals surface area contributed by atoms with Gasteiger partial charge in [0.15, 0.2) is 5.70 Å². The van der Waals surface area contributed by atoms with Crippen LogP contribution in [-0.2, 0) is 9.53 Å². The Labute approximate surface area is 177 Å². The number of hydrogen-bond donors (Lipinski definition) is 1. The smallest absolute Gasteiger partial charge is 0.275 e. The molecule has 2 aromatic rings. The highest BCUT2D eigenvalue weighted by atomic mass is 16.5. The van der Waals surface area contributed by atoms with Crippen molar-refractivity contribution >= 4 is 12.1 Å². The monoisotopic (exact) mass is 405 g/mol. The van der Waals surface area contributed by atoms with E-state index in [0.717, 1.165) is 11.1 Å². The summed E-state index contributed by atoms with van der Waals surface area (Å²) in [4.78, 5) is 15.1. The number of nitrogens with zero attached hydrogens (tertiary/aromatic N) is 3. The minimum absolute atomic E-state index is 0.00927. The number of amides is 1. The van der Waals surface area contributed by atoms with E-state index < -0.39 is 0 Å². The Morgan fingerprint density at radius 3 is 2.20 bits per heavy atom. The Balaban J connectivity index is 1.88. The maximum Gasteiger partial charge on any atom is 0.275 e. The molecular formula is C24H27N3O3. The van der Waals surface area contributed by atoms with Gasteiger partial charge < -0.3 is 14.7 Å². The van der Waals surface area contributed by atoms with Crippen LogP contribution in [0.25, 0.3) is 0 Å². The number of aliphatic hydroxyl groups excluding tert-OH is 1. The van der Waals surface area contributed by atoms with E-state index >= 15 is 0 Å². The molecule has 4 rings (SSSR count). The van der Waals surface area contributed by atoms with Crippen molar-refractivity contribution in [2.24, 2.45) is 5.10 Å². The molecule has 1 amide bonds. The van der Waals surface area contributed by atoms with Crippen LogP contribution in [0.3, 0.4) is 0 Å². The number of piperazine rings is 1. The molecule has 0 radical (unpaired) electrons. The predicted octanol–water partition coefficient (Wildman–Crippen LogP) is 3.53. The first-order valence-electron chi connectivity index (χ1n) is 10.3. The lowest BCUT2D eigenvalue weighted by Crippen LogP contribution is -2.57. The molecule has 1 N–H and O–H groups in total. The fraction of sp³-hybridized carbons (Fsp3) is 0.333. The van der Waals surface area contributed by atoms with Crippen LogP contribution in [0, 0.1) is 0 Å². The quantitative estimate of drug-likeness (QED) is 0.845. The Hall–Kier alpha value is -3.12. The fourth-order valence-electron chi connectivity index (χ4n) is 4.21. The number of rotatable bonds is 4. The van der Waals surface area contributed by atoms with E-state index in [4.69, 9.17) is 4.74 Å². The van der Waals surface area contributed by atoms with Gasteiger partial charge in [-0.05, 0) is 25.0 Å². The van der Waals surface area contributed by atoms with Gasteiger partial charge in [0.05, 0.1) is 18.9 Å². The first kappa shape index (κ1) is 20.2. The highest BCUT2D eigenvalue weighted by Crippen LogP contribution is 2.37. The summed E-state index contributed by atoms with van der Waals surface area (Å²) in [6.07, 6.45) is 1.66. The third-order valence-corrected chi connectivity index (χ3v) is 5.63. The molecule has 1 saturated heterocycles. The lowest BCUT2D eigenvalue weighted by molar-refractivity contribution is -0.136. The van der Waals surface area contributed by atoms with Crippen molar-refractivity contribution in [2.45, 2.75) is 31.8 Å². The van der Waals surface area contributed by atoms with Gasteiger partial charge >= 0.3 is 0 Å². The third-order valence-electron chi connectivity index (χ3n) is 5.63. The van der Waals surface area contributed by atoms with Crippen LogP contribution in [0.5, 0.6) is 0 Å². The van der Waals surface area contributed by atoms with Gasteiger partial charge in [-0.15, -0.1) is 0 Å². The second-order valence-corrected chi connectivity index (χ2v) is 7.87. The highest BCUT2D eigenvalue weighted by molar-refractivity contribution is 5.94. The first-order valence-corrected chi connectivity index (χ1v) is 10.3. The topological polar surface area (TPSA) is 65.4 Å². The van der Waals surface area contributed by atoms with E-state index in [1.54, 1.807) is 11.2 Å². The van der Waals surface area contributed by atoms with Crippen LogP contribution < -0.4 is 0 Å². The molecule has 156 valence electrons. The lowest BCUT2D eigenvalue weighted by atomic mass is 9.83. The van der Waals surface area contributed by atoms with Crippen molar-refractivity contribution in [2.75, 3.05) is 19.8 Å². The summed E-state index contributed by atoms with van der Waals surface area (Å²) >= 11 is 0. The number of fused-ring (bicyclic) bond motifs is 1. The molecule has 1 atom stereocenters. The molecule has 2 heterocycles. The summed E-state index contributed by atoms with van der Waals surface area (Å²) in [5.74, 6) is -0.338. The van der Waals surface area contributed by atoms with Crippen LogP contribution in [0.15, 0.2) is 77.2 Å². The summed E-state index contributed by atoms with van der Waals surface area (Å²) in [5.41, 5.74) is 2.48. The average molecular weight is 405 g/mol. The largest absolute Gasteiger partial charge is 0.507 e. The summed E-state index contributed by atoms with van der Waals surface area (Å²) in [5, 5.41) is 17.0. The molecular weight excluding hydrogens is 378 g/mol. The van der Waals surface area contributed by atoms with E-state index in [1.165, 1.54) is 0 Å². The van der Waals surface area contributed by atoms with Crippen molar-refractivity contribution in [3.05, 3.63) is 83.2 Å². The van der Waals surface area contributed by atoms with E-state index in [1.807, 2.05) is 55.1 Å². The van der Waals surface area contributed by atoms with Crippen LogP contribution in [0.4, 0.5) is 0 Å². The molecule has 6 nitrogen and oxygen atoms in total. The van der Waals surface area contributed by atoms with Gasteiger partial charge in [0, 0.05) is 18.5 Å². The van der Waals surface area contributed by atoms with Gasteiger partial charge in [-0.1, -0.05) is 60.7 Å². The van der Waals surface area contributed by atoms with Crippen LogP contribution in [0.1, 0.15) is 30.9 Å². The van der Waals surface area contributed by atoms with Crippen molar-refractivity contribution in [1.82, 2.24) is 9.91 Å². The molecule has 0 bridgehead atoms. The van der Waals surface area contributed by atoms with E-state index in [0.29, 0.717) is 6.54 Å². The van der Waals surface area contributed by atoms with Crippen LogP contribution in [-0.4, -0.2) is 59.0 Å². The Kier molecular flexibility index (Phi) is 5.86. The third kappa shape index (κ3) is 3.83. The molecule has 0 saturated carbocycles. The van der Waals surface area contributed by atoms with Crippen molar-refractivity contribution in [1.29, 1.82) is 0 Å². The zero-order valence-corrected chi connectivity index (χ0v) is 17.3. The zero-order valence-electron chi connectivity index (χ0n) is 17.3. The minimum Gasteiger partial charge on any atom is -0.507 e. The van der Waals surface area contributed by atoms with Crippen molar-refractivity contribution in [3.63, 3.8) is 0 Å². The summed E-state index contributed by atoms with van der Waals surface area (Å²) < 4.78 is 5.39. The molecule has 2 aliphatic heterocycles. The van der Waals surface area contributed by atoms with Gasteiger partial charge in [-0.2, -0.15) is 5.10 Å². The number of carbonyl (C=O) groups is 1. The Bertz CT molecular complexity index is 901. The Morgan fingerprint density at radius 1 is 1.03 bits per heavy atom. The van der Waals surface area contributed by atoms with E-state index in [-0.39, 0.29) is 48.6 Å². The average Bonchev–Trinajstić information content (AvgIpc) is 2.74. The van der Waals surface area contributed by atoms with Gasteiger partial charge in [-0.3, -0.25) is 9.80 Å². The zero-order chi connectivity index (χ0) is 21.1. The molecule has 30 heavy (non-hydrogen) atoms. The van der Waals surface area contributed by atoms with Gasteiger partial charge in [0.1, 0.15) is 12.4 Å². The fourth-order valence-corrected chi connectivity index (χ4v) is 4.21. The maximum atomic E-state index is 13.3. The Morgan fingerprint density at radius 2 is 1.63 bits per heavy atom. The minimum atomic E-state index is -0.221. The first-order chi connectivity index (χ1) is 14.6. The molecule has 1 fully saturated rings. The molecule has 0 aliphatic carbocycles. The summed E-state index contributed by atoms with van der Waals surface area (Å²) in [7, 11) is 0. The normalized spacial score (nSPS) is 20.9. The second kappa shape index (κ2) is 8.71. The SMILES string of the molecule is CC(C)N1CC(C(c2ccccc2)c2ccccc2)N2/N=C\COCC(O)=C2C1=O. The van der Waals surface area contributed by atoms with Crippen LogP contribution in [0.2, 0.25) is 0 Å². The summed E-state index contributed by atoms with van der Waals surface area (Å²) in [6, 6.07) is 20.3. The lowest BCUT2D eigenvalue weighted by Gasteiger charge is -2.46. The second-order valence-electron chi connectivity index (χ2n) is 7.87. The van der Waals surface area contributed by atoms with Crippen molar-refractivity contribution in [3.8, 4) is 0 Å². The number of hydrogen-bond acceptors (Lipinski definition) is 5. The van der Waals surface area contributed by atoms with E-state index in [9.17, 15) is 9.90 Å².